The van der Waals surface area contributed by atoms with Crippen LogP contribution in [0.4, 0.5) is 0 Å². The van der Waals surface area contributed by atoms with E-state index in [-0.39, 0.29) is 0 Å². The van der Waals surface area contributed by atoms with Crippen molar-refractivity contribution in [1.82, 2.24) is 5.32 Å². The van der Waals surface area contributed by atoms with Crippen LogP contribution in [-0.2, 0) is 4.74 Å². The quantitative estimate of drug-likeness (QED) is 0.781. The molecule has 0 aliphatic heterocycles. The molecule has 1 aliphatic carbocycles. The molecular formula is C15H23NO. The Bertz CT molecular complexity index is 321. The summed E-state index contributed by atoms with van der Waals surface area (Å²) in [5.41, 5.74) is 1.35. The summed E-state index contributed by atoms with van der Waals surface area (Å²) in [6.07, 6.45) is 2.97. The number of benzene rings is 1. The summed E-state index contributed by atoms with van der Waals surface area (Å²) in [7, 11) is 0. The standard InChI is InChI=1S/C15H23NO/c1-3-16-14(12-8-6-5-7-9-12)15(17-4-2)13-10-11-13/h5-9,13-16H,3-4,10-11H2,1-2H3. The van der Waals surface area contributed by atoms with Crippen LogP contribution in [0.1, 0.15) is 38.3 Å². The smallest absolute Gasteiger partial charge is 0.0797 e. The maximum Gasteiger partial charge on any atom is 0.0797 e. The highest BCUT2D eigenvalue weighted by atomic mass is 16.5. The molecule has 1 fully saturated rings. The second-order valence-corrected chi connectivity index (χ2v) is 4.70. The first-order valence-corrected chi connectivity index (χ1v) is 6.76. The molecule has 0 aromatic heterocycles. The first-order chi connectivity index (χ1) is 8.36. The first kappa shape index (κ1) is 12.6. The zero-order valence-corrected chi connectivity index (χ0v) is 10.9. The van der Waals surface area contributed by atoms with Crippen molar-refractivity contribution in [2.24, 2.45) is 5.92 Å². The molecule has 0 amide bonds. The maximum absolute atomic E-state index is 5.97. The van der Waals surface area contributed by atoms with Gasteiger partial charge >= 0.3 is 0 Å². The van der Waals surface area contributed by atoms with Crippen LogP contribution in [-0.4, -0.2) is 19.3 Å². The Morgan fingerprint density at radius 3 is 2.47 bits per heavy atom. The molecule has 1 aliphatic rings. The van der Waals surface area contributed by atoms with Crippen LogP contribution in [0.5, 0.6) is 0 Å². The molecule has 2 atom stereocenters. The van der Waals surface area contributed by atoms with Crippen molar-refractivity contribution < 1.29 is 4.74 Å². The van der Waals surface area contributed by atoms with E-state index >= 15 is 0 Å². The van der Waals surface area contributed by atoms with Crippen LogP contribution in [0.25, 0.3) is 0 Å². The van der Waals surface area contributed by atoms with Crippen LogP contribution >= 0.6 is 0 Å². The molecule has 2 unspecified atom stereocenters. The number of rotatable bonds is 7. The maximum atomic E-state index is 5.97. The fourth-order valence-corrected chi connectivity index (χ4v) is 2.43. The van der Waals surface area contributed by atoms with E-state index in [2.05, 4.69) is 49.5 Å². The number of hydrogen-bond acceptors (Lipinski definition) is 2. The van der Waals surface area contributed by atoms with E-state index in [9.17, 15) is 0 Å². The lowest BCUT2D eigenvalue weighted by molar-refractivity contribution is 0.0189. The van der Waals surface area contributed by atoms with Gasteiger partial charge in [0.2, 0.25) is 0 Å². The molecule has 0 heterocycles. The molecular weight excluding hydrogens is 210 g/mol. The molecule has 2 rings (SSSR count). The molecule has 2 heteroatoms. The van der Waals surface area contributed by atoms with E-state index in [0.29, 0.717) is 12.1 Å². The average molecular weight is 233 g/mol. The van der Waals surface area contributed by atoms with Gasteiger partial charge in [0.05, 0.1) is 12.1 Å². The lowest BCUT2D eigenvalue weighted by atomic mass is 9.98. The Kier molecular flexibility index (Phi) is 4.57. The Balaban J connectivity index is 2.14. The SMILES string of the molecule is CCNC(c1ccccc1)C(OCC)C1CC1. The molecule has 0 saturated heterocycles. The van der Waals surface area contributed by atoms with Crippen LogP contribution in [0, 0.1) is 5.92 Å². The van der Waals surface area contributed by atoms with Gasteiger partial charge in [-0.2, -0.15) is 0 Å². The summed E-state index contributed by atoms with van der Waals surface area (Å²) in [6, 6.07) is 11.0. The average Bonchev–Trinajstić information content (AvgIpc) is 3.19. The molecule has 1 aromatic carbocycles. The van der Waals surface area contributed by atoms with Crippen LogP contribution in [0.3, 0.4) is 0 Å². The van der Waals surface area contributed by atoms with Gasteiger partial charge in [-0.15, -0.1) is 0 Å². The number of ether oxygens (including phenoxy) is 1. The van der Waals surface area contributed by atoms with Crippen molar-refractivity contribution in [3.8, 4) is 0 Å². The molecule has 17 heavy (non-hydrogen) atoms. The molecule has 1 aromatic rings. The van der Waals surface area contributed by atoms with Gasteiger partial charge in [0.25, 0.3) is 0 Å². The highest BCUT2D eigenvalue weighted by Gasteiger charge is 2.37. The predicted molar refractivity (Wildman–Crippen MR) is 71.0 cm³/mol. The van der Waals surface area contributed by atoms with E-state index in [4.69, 9.17) is 4.74 Å². The fraction of sp³-hybridized carbons (Fsp3) is 0.600. The van der Waals surface area contributed by atoms with Crippen molar-refractivity contribution in [1.29, 1.82) is 0 Å². The first-order valence-electron chi connectivity index (χ1n) is 6.76. The summed E-state index contributed by atoms with van der Waals surface area (Å²) in [6.45, 7) is 6.03. The summed E-state index contributed by atoms with van der Waals surface area (Å²) in [5.74, 6) is 0.749. The lowest BCUT2D eigenvalue weighted by Gasteiger charge is -2.28. The van der Waals surface area contributed by atoms with Crippen LogP contribution in [0.2, 0.25) is 0 Å². The normalized spacial score (nSPS) is 18.9. The zero-order chi connectivity index (χ0) is 12.1. The number of nitrogens with one attached hydrogen (secondary N) is 1. The number of hydrogen-bond donors (Lipinski definition) is 1. The van der Waals surface area contributed by atoms with Crippen molar-refractivity contribution >= 4 is 0 Å². The van der Waals surface area contributed by atoms with Crippen molar-refractivity contribution in [3.05, 3.63) is 35.9 Å². The van der Waals surface area contributed by atoms with E-state index < -0.39 is 0 Å². The van der Waals surface area contributed by atoms with Crippen molar-refractivity contribution in [2.75, 3.05) is 13.2 Å². The largest absolute Gasteiger partial charge is 0.376 e. The minimum absolute atomic E-state index is 0.336. The Labute approximate surface area is 104 Å². The van der Waals surface area contributed by atoms with Gasteiger partial charge < -0.3 is 10.1 Å². The Morgan fingerprint density at radius 1 is 1.24 bits per heavy atom. The third-order valence-electron chi connectivity index (χ3n) is 3.36. The van der Waals surface area contributed by atoms with Gasteiger partial charge in [-0.05, 0) is 37.8 Å². The summed E-state index contributed by atoms with van der Waals surface area (Å²) in [5, 5.41) is 3.58. The molecule has 2 nitrogen and oxygen atoms in total. The van der Waals surface area contributed by atoms with E-state index in [0.717, 1.165) is 19.1 Å². The number of likely N-dealkylation sites (N-methyl/N-ethyl adjacent to an activating group) is 1. The molecule has 0 spiro atoms. The van der Waals surface area contributed by atoms with Crippen LogP contribution in [0.15, 0.2) is 30.3 Å². The minimum Gasteiger partial charge on any atom is -0.376 e. The highest BCUT2D eigenvalue weighted by Crippen LogP contribution is 2.40. The van der Waals surface area contributed by atoms with Gasteiger partial charge in [-0.1, -0.05) is 37.3 Å². The van der Waals surface area contributed by atoms with Gasteiger partial charge in [-0.25, -0.2) is 0 Å². The van der Waals surface area contributed by atoms with Gasteiger partial charge in [-0.3, -0.25) is 0 Å². The Morgan fingerprint density at radius 2 is 1.94 bits per heavy atom. The zero-order valence-electron chi connectivity index (χ0n) is 10.9. The highest BCUT2D eigenvalue weighted by molar-refractivity contribution is 5.21. The monoisotopic (exact) mass is 233 g/mol. The second kappa shape index (κ2) is 6.18. The summed E-state index contributed by atoms with van der Waals surface area (Å²) >= 11 is 0. The molecule has 1 N–H and O–H groups in total. The van der Waals surface area contributed by atoms with Gasteiger partial charge in [0.15, 0.2) is 0 Å². The third-order valence-corrected chi connectivity index (χ3v) is 3.36. The second-order valence-electron chi connectivity index (χ2n) is 4.70. The Hall–Kier alpha value is -0.860. The molecule has 0 radical (unpaired) electrons. The van der Waals surface area contributed by atoms with Crippen LogP contribution < -0.4 is 5.32 Å². The summed E-state index contributed by atoms with van der Waals surface area (Å²) in [4.78, 5) is 0. The molecule has 94 valence electrons. The molecule has 1 saturated carbocycles. The van der Waals surface area contributed by atoms with Gasteiger partial charge in [0.1, 0.15) is 0 Å². The van der Waals surface area contributed by atoms with Gasteiger partial charge in [0, 0.05) is 6.61 Å². The third kappa shape index (κ3) is 3.30. The van der Waals surface area contributed by atoms with Crippen molar-refractivity contribution in [3.63, 3.8) is 0 Å². The van der Waals surface area contributed by atoms with E-state index in [1.807, 2.05) is 0 Å². The fourth-order valence-electron chi connectivity index (χ4n) is 2.43. The predicted octanol–water partition coefficient (Wildman–Crippen LogP) is 3.15. The molecule has 0 bridgehead atoms. The van der Waals surface area contributed by atoms with E-state index in [1.165, 1.54) is 18.4 Å². The minimum atomic E-state index is 0.336. The van der Waals surface area contributed by atoms with E-state index in [1.54, 1.807) is 0 Å². The lowest BCUT2D eigenvalue weighted by Crippen LogP contribution is -2.35. The van der Waals surface area contributed by atoms with Crippen molar-refractivity contribution in [2.45, 2.75) is 38.8 Å². The summed E-state index contributed by atoms with van der Waals surface area (Å²) < 4.78 is 5.97. The topological polar surface area (TPSA) is 21.3 Å².